The first kappa shape index (κ1) is 23.4. The maximum absolute atomic E-state index is 7.93. The molecular formula is C36H34N2. The summed E-state index contributed by atoms with van der Waals surface area (Å²) in [6.07, 6.45) is 12.9. The van der Waals surface area contributed by atoms with Gasteiger partial charge in [-0.3, -0.25) is 0 Å². The highest BCUT2D eigenvalue weighted by Crippen LogP contribution is 2.56. The minimum atomic E-state index is -0.668. The van der Waals surface area contributed by atoms with E-state index in [9.17, 15) is 0 Å². The fraction of sp³-hybridized carbons (Fsp3) is 0.222. The maximum atomic E-state index is 7.93. The lowest BCUT2D eigenvalue weighted by atomic mass is 9.52. The van der Waals surface area contributed by atoms with E-state index in [0.29, 0.717) is 0 Å². The van der Waals surface area contributed by atoms with Crippen molar-refractivity contribution in [2.75, 3.05) is 0 Å². The lowest BCUT2D eigenvalue weighted by Gasteiger charge is -2.57. The summed E-state index contributed by atoms with van der Waals surface area (Å²) < 4.78 is 0. The van der Waals surface area contributed by atoms with E-state index in [0.717, 1.165) is 25.7 Å². The summed E-state index contributed by atoms with van der Waals surface area (Å²) in [6.45, 7) is 0. The summed E-state index contributed by atoms with van der Waals surface area (Å²) >= 11 is 0. The van der Waals surface area contributed by atoms with E-state index in [1.54, 1.807) is 0 Å². The normalized spacial score (nSPS) is 24.5. The van der Waals surface area contributed by atoms with E-state index in [4.69, 9.17) is 11.5 Å². The topological polar surface area (TPSA) is 52.0 Å². The van der Waals surface area contributed by atoms with Crippen LogP contribution in [0.3, 0.4) is 0 Å². The highest BCUT2D eigenvalue weighted by atomic mass is 15.0. The molecule has 0 aliphatic heterocycles. The predicted octanol–water partition coefficient (Wildman–Crippen LogP) is 7.59. The van der Waals surface area contributed by atoms with Crippen molar-refractivity contribution in [3.63, 3.8) is 0 Å². The molecule has 0 unspecified atom stereocenters. The summed E-state index contributed by atoms with van der Waals surface area (Å²) in [5.74, 6) is -0.0449. The second kappa shape index (κ2) is 8.94. The predicted molar refractivity (Wildman–Crippen MR) is 160 cm³/mol. The Hall–Kier alpha value is -3.72. The number of fused-ring (bicyclic) bond motifs is 4. The second-order valence-electron chi connectivity index (χ2n) is 11.3. The van der Waals surface area contributed by atoms with E-state index < -0.39 is 11.1 Å². The monoisotopic (exact) mass is 494 g/mol. The van der Waals surface area contributed by atoms with Crippen molar-refractivity contribution in [3.8, 4) is 0 Å². The maximum Gasteiger partial charge on any atom is 0.0457 e. The second-order valence-corrected chi connectivity index (χ2v) is 11.3. The molecule has 2 nitrogen and oxygen atoms in total. The molecule has 7 rings (SSSR count). The van der Waals surface area contributed by atoms with Gasteiger partial charge in [0, 0.05) is 22.9 Å². The average molecular weight is 495 g/mol. The van der Waals surface area contributed by atoms with Crippen LogP contribution in [-0.4, -0.2) is 11.1 Å². The van der Waals surface area contributed by atoms with E-state index >= 15 is 0 Å². The van der Waals surface area contributed by atoms with Crippen molar-refractivity contribution in [1.82, 2.24) is 0 Å². The average Bonchev–Trinajstić information content (AvgIpc) is 3.23. The molecule has 0 spiro atoms. The van der Waals surface area contributed by atoms with E-state index in [1.807, 2.05) is 0 Å². The zero-order valence-corrected chi connectivity index (χ0v) is 21.7. The number of rotatable bonds is 2. The largest absolute Gasteiger partial charge is 0.323 e. The fourth-order valence-corrected chi connectivity index (χ4v) is 7.63. The lowest BCUT2D eigenvalue weighted by Crippen LogP contribution is -2.72. The molecule has 4 N–H and O–H groups in total. The Morgan fingerprint density at radius 1 is 0.421 bits per heavy atom. The van der Waals surface area contributed by atoms with Gasteiger partial charge in [0.05, 0.1) is 0 Å². The minimum absolute atomic E-state index is 0.0225. The van der Waals surface area contributed by atoms with Crippen molar-refractivity contribution in [1.29, 1.82) is 0 Å². The van der Waals surface area contributed by atoms with Gasteiger partial charge in [0.25, 0.3) is 0 Å². The van der Waals surface area contributed by atoms with E-state index in [2.05, 4.69) is 121 Å². The smallest absolute Gasteiger partial charge is 0.0457 e. The zero-order valence-electron chi connectivity index (χ0n) is 21.7. The summed E-state index contributed by atoms with van der Waals surface area (Å²) in [5.41, 5.74) is 24.6. The minimum Gasteiger partial charge on any atom is -0.323 e. The summed E-state index contributed by atoms with van der Waals surface area (Å²) in [4.78, 5) is 0. The highest BCUT2D eigenvalue weighted by molar-refractivity contribution is 5.79. The molecule has 1 fully saturated rings. The molecule has 4 aromatic rings. The van der Waals surface area contributed by atoms with Gasteiger partial charge >= 0.3 is 0 Å². The van der Waals surface area contributed by atoms with Gasteiger partial charge in [-0.25, -0.2) is 0 Å². The quantitative estimate of drug-likeness (QED) is 0.302. The van der Waals surface area contributed by atoms with Gasteiger partial charge in [0.2, 0.25) is 0 Å². The van der Waals surface area contributed by atoms with Crippen molar-refractivity contribution >= 4 is 24.3 Å². The summed E-state index contributed by atoms with van der Waals surface area (Å²) in [5, 5.41) is 0. The Labute approximate surface area is 225 Å². The molecular weight excluding hydrogens is 460 g/mol. The van der Waals surface area contributed by atoms with Crippen LogP contribution >= 0.6 is 0 Å². The first-order chi connectivity index (χ1) is 18.6. The molecule has 0 bridgehead atoms. The van der Waals surface area contributed by atoms with Gasteiger partial charge in [-0.15, -0.1) is 0 Å². The fourth-order valence-electron chi connectivity index (χ4n) is 7.63. The summed E-state index contributed by atoms with van der Waals surface area (Å²) in [7, 11) is 0. The van der Waals surface area contributed by atoms with Crippen LogP contribution in [0.25, 0.3) is 24.3 Å². The molecule has 0 saturated heterocycles. The van der Waals surface area contributed by atoms with Crippen LogP contribution in [0.1, 0.15) is 82.0 Å². The van der Waals surface area contributed by atoms with Crippen LogP contribution in [0.4, 0.5) is 0 Å². The Kier molecular flexibility index (Phi) is 5.51. The highest BCUT2D eigenvalue weighted by Gasteiger charge is 2.58. The van der Waals surface area contributed by atoms with Crippen LogP contribution in [0.5, 0.6) is 0 Å². The molecule has 1 saturated carbocycles. The van der Waals surface area contributed by atoms with Crippen LogP contribution < -0.4 is 11.5 Å². The number of benzene rings is 4. The SMILES string of the molecule is N[C@@]1(C2c3ccccc3C=Cc3ccccc32)CCCC[C@@]1(N)C1c2ccccc2C=Cc2ccccc21. The Morgan fingerprint density at radius 2 is 0.684 bits per heavy atom. The van der Waals surface area contributed by atoms with Crippen molar-refractivity contribution in [3.05, 3.63) is 142 Å². The van der Waals surface area contributed by atoms with Crippen LogP contribution in [0.15, 0.2) is 97.1 Å². The Bertz CT molecular complexity index is 1360. The first-order valence-corrected chi connectivity index (χ1v) is 13.9. The van der Waals surface area contributed by atoms with Gasteiger partial charge in [0.1, 0.15) is 0 Å². The standard InChI is InChI=1S/C36H34N2/c37-35(33-29-15-5-1-11-25(29)19-20-26-12-2-6-16-30(26)33)23-9-10-24-36(35,38)34-31-17-7-3-13-27(31)21-22-28-14-4-8-18-32(28)34/h1-8,11-22,33-34H,9-10,23-24,37-38H2/t35-,36-/m1/s1. The molecule has 2 heteroatoms. The number of nitrogens with two attached hydrogens (primary N) is 2. The molecule has 188 valence electrons. The van der Waals surface area contributed by atoms with Gasteiger partial charge in [-0.2, -0.15) is 0 Å². The third-order valence-corrected chi connectivity index (χ3v) is 9.44. The van der Waals surface area contributed by atoms with E-state index in [1.165, 1.54) is 44.5 Å². The van der Waals surface area contributed by atoms with Crippen LogP contribution in [-0.2, 0) is 0 Å². The number of hydrogen-bond donors (Lipinski definition) is 2. The molecule has 3 aliphatic rings. The molecule has 0 aromatic heterocycles. The Morgan fingerprint density at radius 3 is 0.974 bits per heavy atom. The molecule has 3 aliphatic carbocycles. The van der Waals surface area contributed by atoms with Gasteiger partial charge in [-0.05, 0) is 57.3 Å². The number of hydrogen-bond acceptors (Lipinski definition) is 2. The third-order valence-electron chi connectivity index (χ3n) is 9.44. The Balaban J connectivity index is 1.51. The molecule has 4 aromatic carbocycles. The molecule has 38 heavy (non-hydrogen) atoms. The summed E-state index contributed by atoms with van der Waals surface area (Å²) in [6, 6.07) is 35.1. The van der Waals surface area contributed by atoms with Crippen LogP contribution in [0.2, 0.25) is 0 Å². The van der Waals surface area contributed by atoms with Crippen LogP contribution in [0, 0.1) is 0 Å². The lowest BCUT2D eigenvalue weighted by molar-refractivity contribution is 0.112. The van der Waals surface area contributed by atoms with E-state index in [-0.39, 0.29) is 11.8 Å². The molecule has 0 heterocycles. The molecule has 0 radical (unpaired) electrons. The van der Waals surface area contributed by atoms with Crippen molar-refractivity contribution < 1.29 is 0 Å². The van der Waals surface area contributed by atoms with Gasteiger partial charge < -0.3 is 11.5 Å². The van der Waals surface area contributed by atoms with Crippen molar-refractivity contribution in [2.24, 2.45) is 11.5 Å². The molecule has 2 atom stereocenters. The zero-order chi connectivity index (χ0) is 25.7. The first-order valence-electron chi connectivity index (χ1n) is 13.9. The van der Waals surface area contributed by atoms with Gasteiger partial charge in [-0.1, -0.05) is 134 Å². The van der Waals surface area contributed by atoms with Gasteiger partial charge in [0.15, 0.2) is 0 Å². The third kappa shape index (κ3) is 3.41. The molecule has 0 amide bonds. The van der Waals surface area contributed by atoms with Crippen molar-refractivity contribution in [2.45, 2.75) is 48.6 Å².